The number of hydrogen-bond donors (Lipinski definition) is 1. The minimum atomic E-state index is -3.80. The van der Waals surface area contributed by atoms with Crippen molar-refractivity contribution in [2.45, 2.75) is 55.5 Å². The second kappa shape index (κ2) is 10.6. The van der Waals surface area contributed by atoms with Crippen molar-refractivity contribution < 1.29 is 31.2 Å². The summed E-state index contributed by atoms with van der Waals surface area (Å²) >= 11 is 0. The smallest absolute Gasteiger partial charge is 0.338 e. The summed E-state index contributed by atoms with van der Waals surface area (Å²) in [5, 5.41) is 8.51. The van der Waals surface area contributed by atoms with Gasteiger partial charge < -0.3 is 9.64 Å². The summed E-state index contributed by atoms with van der Waals surface area (Å²) in [6.45, 7) is -0.536. The first-order valence-electron chi connectivity index (χ1n) is 10.8. The monoisotopic (exact) mass is 497 g/mol. The molecule has 2 aliphatic rings. The average Bonchev–Trinajstić information content (AvgIpc) is 3.42. The zero-order valence-electron chi connectivity index (χ0n) is 18.1. The van der Waals surface area contributed by atoms with Crippen molar-refractivity contribution in [2.75, 3.05) is 24.7 Å². The normalized spacial score (nSPS) is 20.3. The van der Waals surface area contributed by atoms with Gasteiger partial charge in [0, 0.05) is 25.0 Å². The second-order valence-corrected chi connectivity index (χ2v) is 12.2. The largest absolute Gasteiger partial charge is 0.452 e. The fourth-order valence-corrected chi connectivity index (χ4v) is 7.01. The van der Waals surface area contributed by atoms with Gasteiger partial charge in [0.15, 0.2) is 16.4 Å². The number of esters is 1. The topological polar surface area (TPSA) is 151 Å². The third kappa shape index (κ3) is 6.52. The summed E-state index contributed by atoms with van der Waals surface area (Å²) in [4.78, 5) is 26.9. The number of carbonyl (C=O) groups is 2. The van der Waals surface area contributed by atoms with Crippen LogP contribution in [0.3, 0.4) is 0 Å². The molecule has 2 fully saturated rings. The van der Waals surface area contributed by atoms with Crippen LogP contribution in [0, 0.1) is 11.3 Å². The number of carbonyl (C=O) groups excluding carboxylic acids is 2. The van der Waals surface area contributed by atoms with Crippen molar-refractivity contribution in [2.24, 2.45) is 0 Å². The van der Waals surface area contributed by atoms with Gasteiger partial charge in [-0.05, 0) is 43.5 Å². The molecule has 1 aromatic rings. The van der Waals surface area contributed by atoms with Crippen molar-refractivity contribution in [1.82, 2.24) is 9.62 Å². The maximum absolute atomic E-state index is 12.9. The predicted molar refractivity (Wildman–Crippen MR) is 118 cm³/mol. The van der Waals surface area contributed by atoms with Gasteiger partial charge in [-0.3, -0.25) is 4.79 Å². The van der Waals surface area contributed by atoms with Gasteiger partial charge in [-0.2, -0.15) is 5.26 Å². The number of amides is 1. The van der Waals surface area contributed by atoms with Crippen LogP contribution in [0.15, 0.2) is 29.2 Å². The van der Waals surface area contributed by atoms with Crippen LogP contribution in [-0.2, 0) is 29.4 Å². The molecule has 0 bridgehead atoms. The SMILES string of the molecule is N#CCCNS(=O)(=O)c1ccc(C(=O)OCC(=O)N(C2CCCC2)C2CCS(=O)(=O)C2)cc1. The molecule has 1 aliphatic heterocycles. The molecule has 1 amide bonds. The average molecular weight is 498 g/mol. The number of nitrogens with one attached hydrogen (secondary N) is 1. The van der Waals surface area contributed by atoms with Crippen molar-refractivity contribution in [3.63, 3.8) is 0 Å². The van der Waals surface area contributed by atoms with Gasteiger partial charge in [0.05, 0.1) is 28.0 Å². The Labute approximate surface area is 193 Å². The zero-order chi connectivity index (χ0) is 24.1. The third-order valence-corrected chi connectivity index (χ3v) is 9.09. The molecule has 1 unspecified atom stereocenters. The molecule has 10 nitrogen and oxygen atoms in total. The van der Waals surface area contributed by atoms with E-state index in [-0.39, 0.29) is 41.0 Å². The summed E-state index contributed by atoms with van der Waals surface area (Å²) in [5.41, 5.74) is 0.0784. The molecule has 0 spiro atoms. The Balaban J connectivity index is 1.61. The van der Waals surface area contributed by atoms with Gasteiger partial charge in [0.2, 0.25) is 10.0 Å². The van der Waals surface area contributed by atoms with Gasteiger partial charge in [-0.15, -0.1) is 0 Å². The van der Waals surface area contributed by atoms with Gasteiger partial charge in [-0.1, -0.05) is 12.8 Å². The first-order chi connectivity index (χ1) is 15.6. The standard InChI is InChI=1S/C21H27N3O7S2/c22-11-3-12-23-33(29,30)19-8-6-16(7-9-19)21(26)31-14-20(25)24(17-4-1-2-5-17)18-10-13-32(27,28)15-18/h6-9,17-18,23H,1-5,10,12-15H2. The molecule has 1 saturated carbocycles. The molecule has 1 saturated heterocycles. The summed E-state index contributed by atoms with van der Waals surface area (Å²) in [5.74, 6) is -1.22. The second-order valence-electron chi connectivity index (χ2n) is 8.20. The van der Waals surface area contributed by atoms with Gasteiger partial charge in [0.25, 0.3) is 5.91 Å². The number of hydrogen-bond acceptors (Lipinski definition) is 8. The van der Waals surface area contributed by atoms with E-state index in [0.29, 0.717) is 6.42 Å². The van der Waals surface area contributed by atoms with Crippen LogP contribution in [0.1, 0.15) is 48.9 Å². The van der Waals surface area contributed by atoms with Crippen LogP contribution in [0.2, 0.25) is 0 Å². The van der Waals surface area contributed by atoms with E-state index >= 15 is 0 Å². The van der Waals surface area contributed by atoms with E-state index in [2.05, 4.69) is 4.72 Å². The molecule has 1 N–H and O–H groups in total. The highest BCUT2D eigenvalue weighted by Gasteiger charge is 2.39. The van der Waals surface area contributed by atoms with E-state index in [1.54, 1.807) is 4.90 Å². The molecule has 0 aromatic heterocycles. The van der Waals surface area contributed by atoms with Crippen LogP contribution < -0.4 is 4.72 Å². The van der Waals surface area contributed by atoms with E-state index in [0.717, 1.165) is 25.7 Å². The zero-order valence-corrected chi connectivity index (χ0v) is 19.7. The Morgan fingerprint density at radius 1 is 1.12 bits per heavy atom. The molecule has 1 aromatic carbocycles. The Morgan fingerprint density at radius 3 is 2.36 bits per heavy atom. The lowest BCUT2D eigenvalue weighted by atomic mass is 10.1. The first kappa shape index (κ1) is 25.1. The highest BCUT2D eigenvalue weighted by molar-refractivity contribution is 7.91. The Morgan fingerprint density at radius 2 is 1.79 bits per heavy atom. The van der Waals surface area contributed by atoms with Crippen molar-refractivity contribution in [1.29, 1.82) is 5.26 Å². The number of nitriles is 1. The van der Waals surface area contributed by atoms with Crippen LogP contribution in [0.5, 0.6) is 0 Å². The number of ether oxygens (including phenoxy) is 1. The molecule has 3 rings (SSSR count). The Hall–Kier alpha value is -2.49. The van der Waals surface area contributed by atoms with E-state index in [1.165, 1.54) is 24.3 Å². The number of benzene rings is 1. The van der Waals surface area contributed by atoms with Crippen LogP contribution in [0.4, 0.5) is 0 Å². The molecule has 1 heterocycles. The first-order valence-corrected chi connectivity index (χ1v) is 14.1. The fourth-order valence-electron chi connectivity index (χ4n) is 4.26. The maximum Gasteiger partial charge on any atom is 0.338 e. The molecule has 1 atom stereocenters. The minimum absolute atomic E-state index is 0.0233. The van der Waals surface area contributed by atoms with Crippen LogP contribution in [0.25, 0.3) is 0 Å². The van der Waals surface area contributed by atoms with Crippen LogP contribution >= 0.6 is 0 Å². The quantitative estimate of drug-likeness (QED) is 0.392. The minimum Gasteiger partial charge on any atom is -0.452 e. The number of nitrogens with zero attached hydrogens (tertiary/aromatic N) is 2. The number of sulfonamides is 1. The summed E-state index contributed by atoms with van der Waals surface area (Å²) in [7, 11) is -6.98. The summed E-state index contributed by atoms with van der Waals surface area (Å²) in [6, 6.07) is 6.43. The van der Waals surface area contributed by atoms with Crippen molar-refractivity contribution >= 4 is 31.7 Å². The van der Waals surface area contributed by atoms with E-state index < -0.39 is 44.4 Å². The lowest BCUT2D eigenvalue weighted by molar-refractivity contribution is -0.139. The molecule has 33 heavy (non-hydrogen) atoms. The van der Waals surface area contributed by atoms with Gasteiger partial charge >= 0.3 is 5.97 Å². The molecule has 0 radical (unpaired) electrons. The highest BCUT2D eigenvalue weighted by Crippen LogP contribution is 2.29. The lowest BCUT2D eigenvalue weighted by Gasteiger charge is -2.33. The summed E-state index contributed by atoms with van der Waals surface area (Å²) in [6.07, 6.45) is 3.95. The predicted octanol–water partition coefficient (Wildman–Crippen LogP) is 0.994. The van der Waals surface area contributed by atoms with E-state index in [1.807, 2.05) is 6.07 Å². The van der Waals surface area contributed by atoms with Gasteiger partial charge in [-0.25, -0.2) is 26.4 Å². The maximum atomic E-state index is 12.9. The van der Waals surface area contributed by atoms with Crippen molar-refractivity contribution in [3.05, 3.63) is 29.8 Å². The molecule has 1 aliphatic carbocycles. The van der Waals surface area contributed by atoms with E-state index in [9.17, 15) is 26.4 Å². The molecule has 12 heteroatoms. The van der Waals surface area contributed by atoms with Gasteiger partial charge in [0.1, 0.15) is 0 Å². The van der Waals surface area contributed by atoms with Crippen LogP contribution in [-0.4, -0.2) is 70.4 Å². The molecular weight excluding hydrogens is 470 g/mol. The number of sulfone groups is 1. The van der Waals surface area contributed by atoms with E-state index in [4.69, 9.17) is 10.00 Å². The lowest BCUT2D eigenvalue weighted by Crippen LogP contribution is -2.48. The molecule has 180 valence electrons. The molecular formula is C21H27N3O7S2. The number of rotatable bonds is 9. The Bertz CT molecular complexity index is 1120. The Kier molecular flexibility index (Phi) is 8.10. The summed E-state index contributed by atoms with van der Waals surface area (Å²) < 4.78 is 55.6. The third-order valence-electron chi connectivity index (χ3n) is 5.86. The fraction of sp³-hybridized carbons (Fsp3) is 0.571. The highest BCUT2D eigenvalue weighted by atomic mass is 32.2. The van der Waals surface area contributed by atoms with Crippen molar-refractivity contribution in [3.8, 4) is 6.07 Å².